The first kappa shape index (κ1) is 20.9. The molecule has 0 fully saturated rings. The third-order valence-corrected chi connectivity index (χ3v) is 5.19. The van der Waals surface area contributed by atoms with Gasteiger partial charge in [0, 0.05) is 26.8 Å². The summed E-state index contributed by atoms with van der Waals surface area (Å²) in [5.74, 6) is 0.843. The second-order valence-corrected chi connectivity index (χ2v) is 10.0. The largest absolute Gasteiger partial charge is 0.347 e. The van der Waals surface area contributed by atoms with Gasteiger partial charge in [0.15, 0.2) is 0 Å². The van der Waals surface area contributed by atoms with Crippen LogP contribution in [0.5, 0.6) is 0 Å². The van der Waals surface area contributed by atoms with E-state index >= 15 is 0 Å². The number of carbonyl (C=O) groups excluding carboxylic acids is 1. The molecule has 2 aromatic carbocycles. The summed E-state index contributed by atoms with van der Waals surface area (Å²) in [6, 6.07) is 15.7. The maximum absolute atomic E-state index is 12.5. The highest BCUT2D eigenvalue weighted by Gasteiger charge is 2.27. The van der Waals surface area contributed by atoms with Crippen LogP contribution in [0.4, 0.5) is 0 Å². The lowest BCUT2D eigenvalue weighted by atomic mass is 9.81. The molecular weight excluding hydrogens is 362 g/mol. The summed E-state index contributed by atoms with van der Waals surface area (Å²) in [6.07, 6.45) is 0.918. The molecule has 0 spiro atoms. The molecule has 0 saturated carbocycles. The number of benzene rings is 2. The topological polar surface area (TPSA) is 29.1 Å². The van der Waals surface area contributed by atoms with E-state index < -0.39 is 0 Å². The van der Waals surface area contributed by atoms with Crippen LogP contribution in [0.1, 0.15) is 57.0 Å². The quantitative estimate of drug-likeness (QED) is 0.565. The van der Waals surface area contributed by atoms with E-state index in [9.17, 15) is 4.79 Å². The SMILES string of the molecule is CC(C)(C)CC(C)(C)NC(=O)c1ccc(CSc2ccc(Cl)cc2)cc1. The predicted molar refractivity (Wildman–Crippen MR) is 113 cm³/mol. The Hall–Kier alpha value is -1.45. The summed E-state index contributed by atoms with van der Waals surface area (Å²) in [5, 5.41) is 3.90. The highest BCUT2D eigenvalue weighted by Crippen LogP contribution is 2.27. The molecule has 26 heavy (non-hydrogen) atoms. The maximum atomic E-state index is 12.5. The van der Waals surface area contributed by atoms with Crippen LogP contribution in [0.25, 0.3) is 0 Å². The highest BCUT2D eigenvalue weighted by molar-refractivity contribution is 7.98. The molecule has 2 nitrogen and oxygen atoms in total. The smallest absolute Gasteiger partial charge is 0.251 e. The molecule has 1 N–H and O–H groups in total. The fraction of sp³-hybridized carbons (Fsp3) is 0.409. The van der Waals surface area contributed by atoms with Gasteiger partial charge in [0.05, 0.1) is 0 Å². The lowest BCUT2D eigenvalue weighted by Crippen LogP contribution is -2.45. The normalized spacial score (nSPS) is 12.1. The van der Waals surface area contributed by atoms with E-state index in [0.717, 1.165) is 17.2 Å². The van der Waals surface area contributed by atoms with Gasteiger partial charge < -0.3 is 5.32 Å². The molecular formula is C22H28ClNOS. The highest BCUT2D eigenvalue weighted by atomic mass is 35.5. The van der Waals surface area contributed by atoms with Crippen molar-refractivity contribution in [2.24, 2.45) is 5.41 Å². The zero-order chi connectivity index (χ0) is 19.4. The maximum Gasteiger partial charge on any atom is 0.251 e. The van der Waals surface area contributed by atoms with Crippen LogP contribution in [0.15, 0.2) is 53.4 Å². The number of rotatable bonds is 6. The Morgan fingerprint density at radius 2 is 1.54 bits per heavy atom. The molecule has 0 unspecified atom stereocenters. The third-order valence-electron chi connectivity index (χ3n) is 3.86. The van der Waals surface area contributed by atoms with Crippen LogP contribution in [0.2, 0.25) is 5.02 Å². The molecule has 2 rings (SSSR count). The van der Waals surface area contributed by atoms with Crippen molar-refractivity contribution in [1.29, 1.82) is 0 Å². The van der Waals surface area contributed by atoms with E-state index in [1.165, 1.54) is 10.5 Å². The predicted octanol–water partition coefficient (Wildman–Crippen LogP) is 6.58. The van der Waals surface area contributed by atoms with E-state index in [2.05, 4.69) is 39.9 Å². The van der Waals surface area contributed by atoms with Crippen LogP contribution in [-0.4, -0.2) is 11.4 Å². The summed E-state index contributed by atoms with van der Waals surface area (Å²) in [7, 11) is 0. The Morgan fingerprint density at radius 1 is 0.962 bits per heavy atom. The molecule has 0 radical (unpaired) electrons. The van der Waals surface area contributed by atoms with Gasteiger partial charge in [-0.15, -0.1) is 11.8 Å². The number of halogens is 1. The molecule has 0 aliphatic rings. The summed E-state index contributed by atoms with van der Waals surface area (Å²) >= 11 is 7.66. The number of amides is 1. The van der Waals surface area contributed by atoms with E-state index in [1.807, 2.05) is 48.5 Å². The first-order valence-electron chi connectivity index (χ1n) is 8.84. The molecule has 0 atom stereocenters. The van der Waals surface area contributed by atoms with Crippen molar-refractivity contribution >= 4 is 29.3 Å². The van der Waals surface area contributed by atoms with Crippen molar-refractivity contribution in [3.8, 4) is 0 Å². The fourth-order valence-electron chi connectivity index (χ4n) is 3.20. The average molecular weight is 390 g/mol. The van der Waals surface area contributed by atoms with Crippen molar-refractivity contribution in [3.63, 3.8) is 0 Å². The molecule has 0 heterocycles. The molecule has 0 aliphatic carbocycles. The molecule has 0 aromatic heterocycles. The van der Waals surface area contributed by atoms with Gasteiger partial charge in [0.1, 0.15) is 0 Å². The monoisotopic (exact) mass is 389 g/mol. The molecule has 0 bridgehead atoms. The van der Waals surface area contributed by atoms with Gasteiger partial charge in [-0.1, -0.05) is 44.5 Å². The number of nitrogens with one attached hydrogen (secondary N) is 1. The number of carbonyl (C=O) groups is 1. The van der Waals surface area contributed by atoms with E-state index in [4.69, 9.17) is 11.6 Å². The number of hydrogen-bond acceptors (Lipinski definition) is 2. The van der Waals surface area contributed by atoms with Crippen molar-refractivity contribution in [1.82, 2.24) is 5.32 Å². The van der Waals surface area contributed by atoms with Gasteiger partial charge in [-0.05, 0) is 67.6 Å². The fourth-order valence-corrected chi connectivity index (χ4v) is 4.18. The van der Waals surface area contributed by atoms with Crippen LogP contribution < -0.4 is 5.32 Å². The second kappa shape index (κ2) is 8.49. The van der Waals surface area contributed by atoms with Gasteiger partial charge in [-0.25, -0.2) is 0 Å². The second-order valence-electron chi connectivity index (χ2n) is 8.51. The van der Waals surface area contributed by atoms with Gasteiger partial charge in [0.2, 0.25) is 0 Å². The Morgan fingerprint density at radius 3 is 2.08 bits per heavy atom. The number of thioether (sulfide) groups is 1. The Bertz CT molecular complexity index is 730. The standard InChI is InChI=1S/C22H28ClNOS/c1-21(2,3)15-22(4,5)24-20(25)17-8-6-16(7-9-17)14-26-19-12-10-18(23)11-13-19/h6-13H,14-15H2,1-5H3,(H,24,25). The summed E-state index contributed by atoms with van der Waals surface area (Å²) in [6.45, 7) is 10.7. The van der Waals surface area contributed by atoms with Crippen LogP contribution in [0.3, 0.4) is 0 Å². The summed E-state index contributed by atoms with van der Waals surface area (Å²) in [4.78, 5) is 13.7. The van der Waals surface area contributed by atoms with Gasteiger partial charge in [-0.3, -0.25) is 4.79 Å². The van der Waals surface area contributed by atoms with Crippen LogP contribution in [-0.2, 0) is 5.75 Å². The Kier molecular flexibility index (Phi) is 6.81. The van der Waals surface area contributed by atoms with E-state index in [-0.39, 0.29) is 16.9 Å². The van der Waals surface area contributed by atoms with Gasteiger partial charge in [0.25, 0.3) is 5.91 Å². The molecule has 140 valence electrons. The minimum absolute atomic E-state index is 0.0174. The van der Waals surface area contributed by atoms with Crippen molar-refractivity contribution in [2.45, 2.75) is 57.2 Å². The Labute approximate surface area is 166 Å². The summed E-state index contributed by atoms with van der Waals surface area (Å²) < 4.78 is 0. The minimum atomic E-state index is -0.238. The average Bonchev–Trinajstić information content (AvgIpc) is 2.52. The lowest BCUT2D eigenvalue weighted by Gasteiger charge is -2.33. The molecule has 2 aromatic rings. The first-order valence-corrected chi connectivity index (χ1v) is 10.2. The molecule has 0 aliphatic heterocycles. The van der Waals surface area contributed by atoms with Gasteiger partial charge in [-0.2, -0.15) is 0 Å². The van der Waals surface area contributed by atoms with Gasteiger partial charge >= 0.3 is 0 Å². The van der Waals surface area contributed by atoms with Crippen molar-refractivity contribution < 1.29 is 4.79 Å². The van der Waals surface area contributed by atoms with Crippen LogP contribution >= 0.6 is 23.4 Å². The molecule has 0 saturated heterocycles. The van der Waals surface area contributed by atoms with Crippen molar-refractivity contribution in [3.05, 3.63) is 64.7 Å². The van der Waals surface area contributed by atoms with Crippen LogP contribution in [0, 0.1) is 5.41 Å². The first-order chi connectivity index (χ1) is 12.0. The minimum Gasteiger partial charge on any atom is -0.347 e. The number of hydrogen-bond donors (Lipinski definition) is 1. The van der Waals surface area contributed by atoms with E-state index in [1.54, 1.807) is 11.8 Å². The zero-order valence-electron chi connectivity index (χ0n) is 16.2. The molecule has 4 heteroatoms. The lowest BCUT2D eigenvalue weighted by molar-refractivity contribution is 0.0891. The zero-order valence-corrected chi connectivity index (χ0v) is 17.8. The van der Waals surface area contributed by atoms with Crippen molar-refractivity contribution in [2.75, 3.05) is 0 Å². The summed E-state index contributed by atoms with van der Waals surface area (Å²) in [5.41, 5.74) is 1.82. The Balaban J connectivity index is 1.93. The van der Waals surface area contributed by atoms with E-state index in [0.29, 0.717) is 5.56 Å². The molecule has 1 amide bonds. The third kappa shape index (κ3) is 7.05.